The summed E-state index contributed by atoms with van der Waals surface area (Å²) in [5.74, 6) is 0.284. The van der Waals surface area contributed by atoms with E-state index in [1.54, 1.807) is 12.1 Å². The molecule has 0 atom stereocenters. The summed E-state index contributed by atoms with van der Waals surface area (Å²) in [6, 6.07) is 3.36. The van der Waals surface area contributed by atoms with Gasteiger partial charge in [-0.05, 0) is 25.0 Å². The maximum Gasteiger partial charge on any atom is 0.142 e. The number of carbonyl (C=O) groups excluding carboxylic acids is 1. The predicted octanol–water partition coefficient (Wildman–Crippen LogP) is 1.02. The smallest absolute Gasteiger partial charge is 0.142 e. The van der Waals surface area contributed by atoms with Crippen molar-refractivity contribution in [2.75, 3.05) is 0 Å². The molecule has 1 aromatic heterocycles. The van der Waals surface area contributed by atoms with E-state index in [0.717, 1.165) is 12.8 Å². The van der Waals surface area contributed by atoms with E-state index in [9.17, 15) is 4.79 Å². The van der Waals surface area contributed by atoms with Crippen molar-refractivity contribution in [1.29, 1.82) is 0 Å². The van der Waals surface area contributed by atoms with Gasteiger partial charge in [0.1, 0.15) is 17.2 Å². The molecule has 0 spiro atoms. The minimum absolute atomic E-state index is 0.119. The summed E-state index contributed by atoms with van der Waals surface area (Å²) >= 11 is 0. The number of ketones is 1. The van der Waals surface area contributed by atoms with Crippen LogP contribution in [0.3, 0.4) is 0 Å². The third-order valence-corrected chi connectivity index (χ3v) is 2.36. The average molecular weight is 205 g/mol. The highest BCUT2D eigenvalue weighted by Crippen LogP contribution is 2.31. The average Bonchev–Trinajstić information content (AvgIpc) is 3.10. The molecular formula is C10H11N3O2. The van der Waals surface area contributed by atoms with Gasteiger partial charge < -0.3 is 5.21 Å². The topological polar surface area (TPSA) is 75.4 Å². The summed E-state index contributed by atoms with van der Waals surface area (Å²) in [7, 11) is 0. The summed E-state index contributed by atoms with van der Waals surface area (Å²) in [4.78, 5) is 11.5. The highest BCUT2D eigenvalue weighted by molar-refractivity contribution is 6.10. The summed E-state index contributed by atoms with van der Waals surface area (Å²) in [6.45, 7) is 0. The van der Waals surface area contributed by atoms with Crippen LogP contribution in [0.2, 0.25) is 0 Å². The maximum absolute atomic E-state index is 11.5. The predicted molar refractivity (Wildman–Crippen MR) is 52.7 cm³/mol. The molecule has 1 aliphatic rings. The highest BCUT2D eigenvalue weighted by Gasteiger charge is 2.30. The molecule has 0 saturated heterocycles. The first-order chi connectivity index (χ1) is 7.31. The summed E-state index contributed by atoms with van der Waals surface area (Å²) in [6.07, 6.45) is 3.58. The first-order valence-electron chi connectivity index (χ1n) is 4.83. The Kier molecular flexibility index (Phi) is 2.71. The van der Waals surface area contributed by atoms with Crippen LogP contribution in [0.1, 0.15) is 25.0 Å². The van der Waals surface area contributed by atoms with E-state index < -0.39 is 0 Å². The summed E-state index contributed by atoms with van der Waals surface area (Å²) in [5.41, 5.74) is 0.744. The van der Waals surface area contributed by atoms with Crippen LogP contribution in [-0.2, 0) is 4.79 Å². The van der Waals surface area contributed by atoms with Crippen molar-refractivity contribution in [3.63, 3.8) is 0 Å². The molecule has 1 fully saturated rings. The molecule has 1 saturated carbocycles. The van der Waals surface area contributed by atoms with Crippen molar-refractivity contribution in [3.8, 4) is 0 Å². The van der Waals surface area contributed by atoms with Crippen LogP contribution in [-0.4, -0.2) is 26.9 Å². The van der Waals surface area contributed by atoms with Gasteiger partial charge in [-0.1, -0.05) is 5.16 Å². The number of oxime groups is 1. The fourth-order valence-electron chi connectivity index (χ4n) is 1.35. The van der Waals surface area contributed by atoms with Gasteiger partial charge in [-0.3, -0.25) is 4.79 Å². The lowest BCUT2D eigenvalue weighted by Crippen LogP contribution is -2.12. The van der Waals surface area contributed by atoms with E-state index in [0.29, 0.717) is 11.4 Å². The first kappa shape index (κ1) is 9.76. The molecule has 0 amide bonds. The number of rotatable bonds is 4. The fraction of sp³-hybridized carbons (Fsp3) is 0.400. The molecule has 2 rings (SSSR count). The van der Waals surface area contributed by atoms with Crippen molar-refractivity contribution < 1.29 is 10.0 Å². The van der Waals surface area contributed by atoms with Crippen LogP contribution in [0.5, 0.6) is 0 Å². The van der Waals surface area contributed by atoms with Crippen LogP contribution < -0.4 is 0 Å². The van der Waals surface area contributed by atoms with Crippen LogP contribution in [0, 0.1) is 5.92 Å². The van der Waals surface area contributed by atoms with E-state index in [1.807, 2.05) is 0 Å². The molecule has 1 heterocycles. The van der Waals surface area contributed by atoms with Gasteiger partial charge in [0.2, 0.25) is 0 Å². The SMILES string of the molecule is O=C(CC(=NO)c1cccnn1)C1CC1. The number of aromatic nitrogens is 2. The van der Waals surface area contributed by atoms with Crippen molar-refractivity contribution in [3.05, 3.63) is 24.0 Å². The quantitative estimate of drug-likeness (QED) is 0.452. The zero-order valence-electron chi connectivity index (χ0n) is 8.13. The van der Waals surface area contributed by atoms with Crippen molar-refractivity contribution in [1.82, 2.24) is 10.2 Å². The van der Waals surface area contributed by atoms with Crippen LogP contribution >= 0.6 is 0 Å². The Balaban J connectivity index is 2.08. The lowest BCUT2D eigenvalue weighted by molar-refractivity contribution is -0.119. The van der Waals surface area contributed by atoms with Gasteiger partial charge in [-0.25, -0.2) is 0 Å². The monoisotopic (exact) mass is 205 g/mol. The normalized spacial score (nSPS) is 16.4. The van der Waals surface area contributed by atoms with Crippen molar-refractivity contribution >= 4 is 11.5 Å². The Labute approximate surface area is 86.8 Å². The molecule has 0 radical (unpaired) electrons. The van der Waals surface area contributed by atoms with Gasteiger partial charge in [-0.15, -0.1) is 5.10 Å². The lowest BCUT2D eigenvalue weighted by atomic mass is 10.1. The number of Topliss-reactive ketones (excluding diaryl/α,β-unsaturated/α-hetero) is 1. The van der Waals surface area contributed by atoms with E-state index in [4.69, 9.17) is 5.21 Å². The zero-order chi connectivity index (χ0) is 10.7. The van der Waals surface area contributed by atoms with Crippen LogP contribution in [0.4, 0.5) is 0 Å². The molecule has 1 aliphatic carbocycles. The Bertz CT molecular complexity index is 385. The highest BCUT2D eigenvalue weighted by atomic mass is 16.4. The number of carbonyl (C=O) groups is 1. The van der Waals surface area contributed by atoms with Gasteiger partial charge in [0.05, 0.1) is 6.42 Å². The molecule has 1 aromatic rings. The van der Waals surface area contributed by atoms with Crippen LogP contribution in [0.25, 0.3) is 0 Å². The Hall–Kier alpha value is -1.78. The zero-order valence-corrected chi connectivity index (χ0v) is 8.13. The van der Waals surface area contributed by atoms with Crippen LogP contribution in [0.15, 0.2) is 23.5 Å². The van der Waals surface area contributed by atoms with Crippen molar-refractivity contribution in [2.45, 2.75) is 19.3 Å². The summed E-state index contributed by atoms with van der Waals surface area (Å²) < 4.78 is 0. The Morgan fingerprint density at radius 2 is 2.40 bits per heavy atom. The van der Waals surface area contributed by atoms with Gasteiger partial charge in [0.15, 0.2) is 0 Å². The van der Waals surface area contributed by atoms with E-state index in [2.05, 4.69) is 15.4 Å². The number of hydrogen-bond donors (Lipinski definition) is 1. The second kappa shape index (κ2) is 4.16. The third kappa shape index (κ3) is 2.37. The molecule has 0 aliphatic heterocycles. The minimum atomic E-state index is 0.119. The van der Waals surface area contributed by atoms with Crippen molar-refractivity contribution in [2.24, 2.45) is 11.1 Å². The lowest BCUT2D eigenvalue weighted by Gasteiger charge is -2.00. The Morgan fingerprint density at radius 1 is 1.60 bits per heavy atom. The van der Waals surface area contributed by atoms with E-state index in [1.165, 1.54) is 6.20 Å². The van der Waals surface area contributed by atoms with E-state index >= 15 is 0 Å². The molecule has 0 bridgehead atoms. The molecule has 78 valence electrons. The minimum Gasteiger partial charge on any atom is -0.411 e. The molecule has 15 heavy (non-hydrogen) atoms. The first-order valence-corrected chi connectivity index (χ1v) is 4.83. The molecule has 5 heteroatoms. The van der Waals surface area contributed by atoms with Gasteiger partial charge in [-0.2, -0.15) is 5.10 Å². The fourth-order valence-corrected chi connectivity index (χ4v) is 1.35. The molecule has 5 nitrogen and oxygen atoms in total. The largest absolute Gasteiger partial charge is 0.411 e. The molecule has 0 aromatic carbocycles. The Morgan fingerprint density at radius 3 is 2.93 bits per heavy atom. The summed E-state index contributed by atoms with van der Waals surface area (Å²) in [5, 5.41) is 19.4. The number of nitrogens with zero attached hydrogens (tertiary/aromatic N) is 3. The standard InChI is InChI=1S/C10H11N3O2/c14-10(7-3-4-7)6-9(13-15)8-2-1-5-11-12-8/h1-2,5,7,15H,3-4,6H2. The second-order valence-electron chi connectivity index (χ2n) is 3.57. The van der Waals surface area contributed by atoms with Gasteiger partial charge >= 0.3 is 0 Å². The second-order valence-corrected chi connectivity index (χ2v) is 3.57. The number of hydrogen-bond acceptors (Lipinski definition) is 5. The van der Waals surface area contributed by atoms with Gasteiger partial charge in [0, 0.05) is 12.1 Å². The molecule has 0 unspecified atom stereocenters. The maximum atomic E-state index is 11.5. The van der Waals surface area contributed by atoms with Gasteiger partial charge in [0.25, 0.3) is 0 Å². The third-order valence-electron chi connectivity index (χ3n) is 2.36. The molecule has 1 N–H and O–H groups in total. The van der Waals surface area contributed by atoms with E-state index in [-0.39, 0.29) is 18.1 Å². The molecular weight excluding hydrogens is 194 g/mol.